The average molecular weight is 1440 g/mol. The number of nitrogens with zero attached hydrogens (tertiary/aromatic N) is 2. The first-order chi connectivity index (χ1) is 54.0. The molecule has 0 radical (unpaired) electrons. The van der Waals surface area contributed by atoms with Gasteiger partial charge in [-0.3, -0.25) is 0 Å². The Hall–Kier alpha value is -13.0. The molecule has 4 heteroatoms. The SMILES string of the molecule is CC1(C)c2ccc(N(c3ccc4ccc5c(N(c6ccc7c(c6)-c6ccc(-c8ccc(-c9ccc(-c%10ccccc%10)cc9)cc8)cc6C7(C)C)c6cccc7c6sc6ccccc67)ccc6ccc3c4c65)c3cccc4c3sc3ccccc34)cc2-c2ccc(-c3ccc(-c4ccc(-c5ccccc5)cc4)cc3)cc21. The largest absolute Gasteiger partial charge is 0.308 e. The van der Waals surface area contributed by atoms with Gasteiger partial charge in [0.2, 0.25) is 0 Å². The zero-order valence-electron chi connectivity index (χ0n) is 61.4. The van der Waals surface area contributed by atoms with Crippen molar-refractivity contribution >= 4 is 129 Å². The van der Waals surface area contributed by atoms with Crippen molar-refractivity contribution in [1.29, 1.82) is 0 Å². The molecule has 0 saturated heterocycles. The molecule has 0 spiro atoms. The van der Waals surface area contributed by atoms with Crippen molar-refractivity contribution in [3.05, 3.63) is 386 Å². The minimum atomic E-state index is -0.241. The van der Waals surface area contributed by atoms with Gasteiger partial charge < -0.3 is 9.80 Å². The molecule has 2 aliphatic carbocycles. The van der Waals surface area contributed by atoms with Crippen LogP contribution < -0.4 is 9.80 Å². The number of benzene rings is 18. The van der Waals surface area contributed by atoms with E-state index in [9.17, 15) is 0 Å². The highest BCUT2D eigenvalue weighted by atomic mass is 32.1. The Bertz CT molecular complexity index is 6680. The topological polar surface area (TPSA) is 6.48 Å². The third-order valence-electron chi connectivity index (χ3n) is 24.3. The zero-order chi connectivity index (χ0) is 73.1. The molecule has 110 heavy (non-hydrogen) atoms. The Kier molecular flexibility index (Phi) is 14.5. The van der Waals surface area contributed by atoms with Gasteiger partial charge in [0.15, 0.2) is 0 Å². The fourth-order valence-electron chi connectivity index (χ4n) is 18.6. The predicted octanol–water partition coefficient (Wildman–Crippen LogP) is 30.9. The summed E-state index contributed by atoms with van der Waals surface area (Å²) in [5.41, 5.74) is 31.5. The number of fused-ring (bicyclic) bond motifs is 12. The maximum atomic E-state index is 2.59. The molecule has 0 aliphatic heterocycles. The molecule has 0 atom stereocenters. The van der Waals surface area contributed by atoms with Crippen molar-refractivity contribution in [3.8, 4) is 89.0 Å². The summed E-state index contributed by atoms with van der Waals surface area (Å²) in [6, 6.07) is 137. The molecule has 0 unspecified atom stereocenters. The van der Waals surface area contributed by atoms with Gasteiger partial charge in [-0.25, -0.2) is 0 Å². The summed E-state index contributed by atoms with van der Waals surface area (Å²) in [4.78, 5) is 5.18. The molecule has 0 saturated carbocycles. The smallest absolute Gasteiger partial charge is 0.0640 e. The van der Waals surface area contributed by atoms with Crippen LogP contribution in [0.2, 0.25) is 0 Å². The van der Waals surface area contributed by atoms with Crippen molar-refractivity contribution in [2.45, 2.75) is 38.5 Å². The van der Waals surface area contributed by atoms with E-state index < -0.39 is 0 Å². The Morgan fingerprint density at radius 1 is 0.209 bits per heavy atom. The third kappa shape index (κ3) is 10.1. The van der Waals surface area contributed by atoms with Gasteiger partial charge in [-0.2, -0.15) is 0 Å². The van der Waals surface area contributed by atoms with Crippen LogP contribution >= 0.6 is 22.7 Å². The Morgan fingerprint density at radius 3 is 0.909 bits per heavy atom. The fourth-order valence-corrected chi connectivity index (χ4v) is 21.0. The van der Waals surface area contributed by atoms with E-state index in [2.05, 4.69) is 401 Å². The standard InChI is InChI=1S/C106H72N2S2/c1-105(2)91-57-51-79(63-89(91)81-53-47-77(61-93(81)105)73-41-37-71(38-42-73)69-33-29-67(30-34-69)65-17-7-5-8-18-65)107(97-25-15-23-85-83-21-11-13-27-99(83)109-103(85)97)95-59-49-75-46-56-88-96(60-50-76-45-55-87(95)101(75)102(76)88)108(98-26-16-24-86-84-22-12-14-28-100(84)110-104(86)98)80-52-58-92-90(64-80)82-54-48-78(62-94(82)106(92,3)4)74-43-39-72(40-44-74)70-35-31-68(32-36-70)66-19-9-6-10-20-66/h5-64H,1-4H3. The lowest BCUT2D eigenvalue weighted by Crippen LogP contribution is -2.16. The molecular formula is C106H72N2S2. The van der Waals surface area contributed by atoms with Gasteiger partial charge in [0.25, 0.3) is 0 Å². The van der Waals surface area contributed by atoms with Gasteiger partial charge >= 0.3 is 0 Å². The van der Waals surface area contributed by atoms with Gasteiger partial charge in [-0.1, -0.05) is 319 Å². The van der Waals surface area contributed by atoms with Gasteiger partial charge in [-0.05, 0) is 206 Å². The van der Waals surface area contributed by atoms with Crippen LogP contribution in [0.4, 0.5) is 34.1 Å². The number of thiophene rings is 2. The first-order valence-corrected chi connectivity index (χ1v) is 39.9. The average Bonchev–Trinajstić information content (AvgIpc) is 0.988. The molecule has 22 rings (SSSR count). The normalized spacial score (nSPS) is 13.2. The van der Waals surface area contributed by atoms with E-state index in [-0.39, 0.29) is 10.8 Å². The van der Waals surface area contributed by atoms with Crippen LogP contribution in [0.1, 0.15) is 49.9 Å². The third-order valence-corrected chi connectivity index (χ3v) is 26.7. The molecule has 2 nitrogen and oxygen atoms in total. The van der Waals surface area contributed by atoms with Crippen LogP contribution in [-0.2, 0) is 10.8 Å². The highest BCUT2D eigenvalue weighted by Crippen LogP contribution is 2.57. The molecule has 0 bridgehead atoms. The molecule has 0 amide bonds. The van der Waals surface area contributed by atoms with E-state index in [1.54, 1.807) is 0 Å². The molecule has 518 valence electrons. The molecule has 0 N–H and O–H groups in total. The number of hydrogen-bond acceptors (Lipinski definition) is 4. The molecule has 0 fully saturated rings. The van der Waals surface area contributed by atoms with Crippen molar-refractivity contribution in [1.82, 2.24) is 0 Å². The van der Waals surface area contributed by atoms with Crippen LogP contribution in [0.15, 0.2) is 364 Å². The second kappa shape index (κ2) is 24.8. The van der Waals surface area contributed by atoms with Gasteiger partial charge in [0.1, 0.15) is 0 Å². The first kappa shape index (κ1) is 64.2. The summed E-state index contributed by atoms with van der Waals surface area (Å²) in [5, 5.41) is 12.5. The maximum Gasteiger partial charge on any atom is 0.0640 e. The summed E-state index contributed by atoms with van der Waals surface area (Å²) >= 11 is 3.78. The number of anilines is 6. The summed E-state index contributed by atoms with van der Waals surface area (Å²) in [6.07, 6.45) is 0. The maximum absolute atomic E-state index is 2.59. The van der Waals surface area contributed by atoms with Crippen LogP contribution in [0.5, 0.6) is 0 Å². The van der Waals surface area contributed by atoms with E-state index in [0.717, 1.165) is 22.7 Å². The minimum absolute atomic E-state index is 0.241. The molecule has 2 heterocycles. The number of hydrogen-bond donors (Lipinski definition) is 0. The summed E-state index contributed by atoms with van der Waals surface area (Å²) in [7, 11) is 0. The number of rotatable bonds is 12. The molecule has 2 aliphatic rings. The van der Waals surface area contributed by atoms with Crippen LogP contribution in [-0.4, -0.2) is 0 Å². The Balaban J connectivity index is 0.666. The molecule has 20 aromatic rings. The summed E-state index contributed by atoms with van der Waals surface area (Å²) in [6.45, 7) is 9.63. The first-order valence-electron chi connectivity index (χ1n) is 38.3. The zero-order valence-corrected chi connectivity index (χ0v) is 63.0. The predicted molar refractivity (Wildman–Crippen MR) is 473 cm³/mol. The van der Waals surface area contributed by atoms with Crippen LogP contribution in [0.3, 0.4) is 0 Å². The highest BCUT2D eigenvalue weighted by Gasteiger charge is 2.39. The van der Waals surface area contributed by atoms with Gasteiger partial charge in [-0.15, -0.1) is 22.7 Å². The monoisotopic (exact) mass is 1440 g/mol. The fraction of sp³-hybridized carbons (Fsp3) is 0.0566. The lowest BCUT2D eigenvalue weighted by molar-refractivity contribution is 0.660. The van der Waals surface area contributed by atoms with E-state index in [1.165, 1.54) is 195 Å². The quantitative estimate of drug-likeness (QED) is 0.113. The van der Waals surface area contributed by atoms with Crippen LogP contribution in [0, 0.1) is 0 Å². The van der Waals surface area contributed by atoms with E-state index in [4.69, 9.17) is 0 Å². The lowest BCUT2D eigenvalue weighted by Gasteiger charge is -2.30. The second-order valence-electron chi connectivity index (χ2n) is 31.0. The summed E-state index contributed by atoms with van der Waals surface area (Å²) in [5.74, 6) is 0. The minimum Gasteiger partial charge on any atom is -0.308 e. The second-order valence-corrected chi connectivity index (χ2v) is 33.1. The van der Waals surface area contributed by atoms with Crippen molar-refractivity contribution in [2.75, 3.05) is 9.80 Å². The van der Waals surface area contributed by atoms with Gasteiger partial charge in [0.05, 0.1) is 32.1 Å². The molecule has 18 aromatic carbocycles. The van der Waals surface area contributed by atoms with Crippen molar-refractivity contribution in [3.63, 3.8) is 0 Å². The molecular weight excluding hydrogens is 1370 g/mol. The van der Waals surface area contributed by atoms with Crippen molar-refractivity contribution < 1.29 is 0 Å². The van der Waals surface area contributed by atoms with E-state index in [0.29, 0.717) is 0 Å². The highest BCUT2D eigenvalue weighted by molar-refractivity contribution is 7.26. The van der Waals surface area contributed by atoms with Crippen LogP contribution in [0.25, 0.3) is 162 Å². The lowest BCUT2D eigenvalue weighted by atomic mass is 9.81. The van der Waals surface area contributed by atoms with Gasteiger partial charge in [0, 0.05) is 63.9 Å². The van der Waals surface area contributed by atoms with E-state index >= 15 is 0 Å². The Morgan fingerprint density at radius 2 is 0.527 bits per heavy atom. The van der Waals surface area contributed by atoms with Crippen molar-refractivity contribution in [2.24, 2.45) is 0 Å². The summed E-state index contributed by atoms with van der Waals surface area (Å²) < 4.78 is 5.10. The van der Waals surface area contributed by atoms with E-state index in [1.807, 2.05) is 22.7 Å². The molecule has 2 aromatic heterocycles. The Labute approximate surface area is 648 Å².